The molecule has 1 spiro atoms. The van der Waals surface area contributed by atoms with Crippen molar-refractivity contribution < 1.29 is 14.3 Å². The first-order chi connectivity index (χ1) is 12.6. The van der Waals surface area contributed by atoms with Gasteiger partial charge in [0.05, 0.1) is 24.2 Å². The van der Waals surface area contributed by atoms with Crippen molar-refractivity contribution in [1.82, 2.24) is 14.5 Å². The molecule has 1 atom stereocenters. The summed E-state index contributed by atoms with van der Waals surface area (Å²) in [5, 5.41) is 0. The lowest BCUT2D eigenvalue weighted by atomic mass is 10.0. The van der Waals surface area contributed by atoms with Gasteiger partial charge >= 0.3 is 0 Å². The van der Waals surface area contributed by atoms with E-state index in [2.05, 4.69) is 17.6 Å². The molecule has 6 nitrogen and oxygen atoms in total. The molecule has 1 aromatic heterocycles. The molecule has 0 unspecified atom stereocenters. The zero-order valence-electron chi connectivity index (χ0n) is 15.2. The number of hydrogen-bond acceptors (Lipinski definition) is 4. The molecule has 0 saturated carbocycles. The van der Waals surface area contributed by atoms with Crippen LogP contribution in [0, 0.1) is 5.92 Å². The molecule has 0 aliphatic carbocycles. The number of hydrogen-bond donors (Lipinski definition) is 0. The smallest absolute Gasteiger partial charge is 0.253 e. The molecule has 2 fully saturated rings. The van der Waals surface area contributed by atoms with Gasteiger partial charge in [-0.25, -0.2) is 4.98 Å². The van der Waals surface area contributed by atoms with Gasteiger partial charge in [-0.1, -0.05) is 6.92 Å². The third-order valence-corrected chi connectivity index (χ3v) is 6.08. The lowest BCUT2D eigenvalue weighted by molar-refractivity contribution is -0.181. The first-order valence-corrected chi connectivity index (χ1v) is 9.70. The predicted octanol–water partition coefficient (Wildman–Crippen LogP) is 2.60. The maximum atomic E-state index is 13.0. The summed E-state index contributed by atoms with van der Waals surface area (Å²) in [6.45, 7) is 5.97. The van der Waals surface area contributed by atoms with Crippen LogP contribution in [0.2, 0.25) is 0 Å². The fourth-order valence-electron chi connectivity index (χ4n) is 4.50. The molecule has 26 heavy (non-hydrogen) atoms. The molecule has 1 aromatic carbocycles. The van der Waals surface area contributed by atoms with Crippen LogP contribution in [0.4, 0.5) is 0 Å². The number of piperidine rings is 1. The van der Waals surface area contributed by atoms with Gasteiger partial charge in [-0.05, 0) is 30.5 Å². The average molecular weight is 355 g/mol. The lowest BCUT2D eigenvalue weighted by Crippen LogP contribution is -2.47. The van der Waals surface area contributed by atoms with Crippen LogP contribution in [0.3, 0.4) is 0 Å². The Bertz CT molecular complexity index is 843. The van der Waals surface area contributed by atoms with E-state index in [1.165, 1.54) is 6.42 Å². The number of aromatic nitrogens is 2. The van der Waals surface area contributed by atoms with E-state index in [4.69, 9.17) is 14.5 Å². The van der Waals surface area contributed by atoms with Gasteiger partial charge in [0.1, 0.15) is 5.82 Å². The molecule has 2 aromatic rings. The Kier molecular flexibility index (Phi) is 3.79. The summed E-state index contributed by atoms with van der Waals surface area (Å²) in [7, 11) is 0. The van der Waals surface area contributed by atoms with Crippen molar-refractivity contribution in [3.8, 4) is 0 Å². The summed E-state index contributed by atoms with van der Waals surface area (Å²) in [5.74, 6) is 1.47. The first-order valence-electron chi connectivity index (χ1n) is 9.70. The zero-order chi connectivity index (χ0) is 17.7. The van der Waals surface area contributed by atoms with Crippen LogP contribution in [-0.2, 0) is 22.4 Å². The number of benzene rings is 1. The van der Waals surface area contributed by atoms with E-state index in [0.29, 0.717) is 32.2 Å². The summed E-state index contributed by atoms with van der Waals surface area (Å²) >= 11 is 0. The van der Waals surface area contributed by atoms with Gasteiger partial charge < -0.3 is 18.9 Å². The van der Waals surface area contributed by atoms with Crippen LogP contribution < -0.4 is 0 Å². The molecule has 4 heterocycles. The minimum absolute atomic E-state index is 0.0825. The molecule has 2 saturated heterocycles. The Morgan fingerprint density at radius 2 is 1.96 bits per heavy atom. The normalized spacial score (nSPS) is 25.0. The quantitative estimate of drug-likeness (QED) is 0.789. The Balaban J connectivity index is 1.36. The van der Waals surface area contributed by atoms with E-state index in [1.807, 2.05) is 17.0 Å². The van der Waals surface area contributed by atoms with Crippen LogP contribution in [0.15, 0.2) is 18.2 Å². The second-order valence-corrected chi connectivity index (χ2v) is 7.88. The van der Waals surface area contributed by atoms with Crippen molar-refractivity contribution in [2.45, 2.75) is 44.9 Å². The third-order valence-electron chi connectivity index (χ3n) is 6.08. The molecular formula is C20H25N3O3. The highest BCUT2D eigenvalue weighted by Crippen LogP contribution is 2.32. The first kappa shape index (κ1) is 16.3. The molecule has 0 N–H and O–H groups in total. The number of carbonyl (C=O) groups is 1. The Morgan fingerprint density at radius 3 is 2.73 bits per heavy atom. The van der Waals surface area contributed by atoms with Gasteiger partial charge in [0.15, 0.2) is 5.79 Å². The van der Waals surface area contributed by atoms with Crippen LogP contribution in [0.1, 0.15) is 42.4 Å². The van der Waals surface area contributed by atoms with E-state index < -0.39 is 5.79 Å². The summed E-state index contributed by atoms with van der Waals surface area (Å²) in [6, 6.07) is 5.97. The Labute approximate surface area is 153 Å². The average Bonchev–Trinajstić information content (AvgIpc) is 3.25. The van der Waals surface area contributed by atoms with E-state index in [9.17, 15) is 4.79 Å². The molecule has 0 bridgehead atoms. The van der Waals surface area contributed by atoms with Crippen molar-refractivity contribution in [2.24, 2.45) is 5.92 Å². The van der Waals surface area contributed by atoms with Gasteiger partial charge in [-0.15, -0.1) is 0 Å². The summed E-state index contributed by atoms with van der Waals surface area (Å²) < 4.78 is 13.8. The second kappa shape index (κ2) is 6.06. The van der Waals surface area contributed by atoms with Crippen molar-refractivity contribution in [1.29, 1.82) is 0 Å². The fourth-order valence-corrected chi connectivity index (χ4v) is 4.50. The number of aryl methyl sites for hydroxylation is 1. The number of amides is 1. The SMILES string of the molecule is C[C@@H]1CCn2c(nc3cc(C(=O)N4CCC5(CC4)OCCO5)ccc32)C1. The molecule has 5 rings (SSSR count). The molecule has 0 radical (unpaired) electrons. The van der Waals surface area contributed by atoms with E-state index in [-0.39, 0.29) is 5.91 Å². The minimum atomic E-state index is -0.444. The van der Waals surface area contributed by atoms with Crippen LogP contribution >= 0.6 is 0 Å². The van der Waals surface area contributed by atoms with Gasteiger partial charge in [0.2, 0.25) is 0 Å². The second-order valence-electron chi connectivity index (χ2n) is 7.88. The van der Waals surface area contributed by atoms with Crippen LogP contribution in [-0.4, -0.2) is 52.4 Å². The van der Waals surface area contributed by atoms with Crippen molar-refractivity contribution in [2.75, 3.05) is 26.3 Å². The van der Waals surface area contributed by atoms with Gasteiger partial charge in [-0.2, -0.15) is 0 Å². The predicted molar refractivity (Wildman–Crippen MR) is 97.0 cm³/mol. The van der Waals surface area contributed by atoms with Crippen molar-refractivity contribution in [3.05, 3.63) is 29.6 Å². The highest BCUT2D eigenvalue weighted by molar-refractivity contribution is 5.97. The Hall–Kier alpha value is -1.92. The highest BCUT2D eigenvalue weighted by Gasteiger charge is 2.40. The van der Waals surface area contributed by atoms with E-state index in [0.717, 1.165) is 48.2 Å². The third kappa shape index (κ3) is 2.63. The van der Waals surface area contributed by atoms with Gasteiger partial charge in [-0.3, -0.25) is 4.79 Å². The number of ether oxygens (including phenoxy) is 2. The topological polar surface area (TPSA) is 56.6 Å². The standard InChI is InChI=1S/C20H25N3O3/c1-14-4-7-23-17-3-2-15(13-16(17)21-18(23)12-14)19(24)22-8-5-20(6-9-22)25-10-11-26-20/h2-3,13-14H,4-12H2,1H3/t14-/m1/s1. The van der Waals surface area contributed by atoms with Crippen LogP contribution in [0.5, 0.6) is 0 Å². The minimum Gasteiger partial charge on any atom is -0.347 e. The molecule has 6 heteroatoms. The largest absolute Gasteiger partial charge is 0.347 e. The maximum absolute atomic E-state index is 13.0. The van der Waals surface area contributed by atoms with Crippen molar-refractivity contribution in [3.63, 3.8) is 0 Å². The number of rotatable bonds is 1. The summed E-state index contributed by atoms with van der Waals surface area (Å²) in [6.07, 6.45) is 3.71. The molecule has 3 aliphatic rings. The summed E-state index contributed by atoms with van der Waals surface area (Å²) in [5.41, 5.74) is 2.81. The number of imidazole rings is 1. The van der Waals surface area contributed by atoms with E-state index >= 15 is 0 Å². The van der Waals surface area contributed by atoms with Crippen molar-refractivity contribution >= 4 is 16.9 Å². The highest BCUT2D eigenvalue weighted by atomic mass is 16.7. The molecule has 138 valence electrons. The van der Waals surface area contributed by atoms with Gasteiger partial charge in [0, 0.05) is 44.5 Å². The molecule has 1 amide bonds. The molecule has 3 aliphatic heterocycles. The monoisotopic (exact) mass is 355 g/mol. The van der Waals surface area contributed by atoms with Crippen LogP contribution in [0.25, 0.3) is 11.0 Å². The number of nitrogens with zero attached hydrogens (tertiary/aromatic N) is 3. The lowest BCUT2D eigenvalue weighted by Gasteiger charge is -2.37. The fraction of sp³-hybridized carbons (Fsp3) is 0.600. The Morgan fingerprint density at radius 1 is 1.19 bits per heavy atom. The number of likely N-dealkylation sites (tertiary alicyclic amines) is 1. The number of fused-ring (bicyclic) bond motifs is 3. The molecular weight excluding hydrogens is 330 g/mol. The summed E-state index contributed by atoms with van der Waals surface area (Å²) in [4.78, 5) is 19.7. The maximum Gasteiger partial charge on any atom is 0.253 e. The zero-order valence-corrected chi connectivity index (χ0v) is 15.2. The number of carbonyl (C=O) groups excluding carboxylic acids is 1. The van der Waals surface area contributed by atoms with E-state index in [1.54, 1.807) is 0 Å². The van der Waals surface area contributed by atoms with Gasteiger partial charge in [0.25, 0.3) is 5.91 Å².